The Balaban J connectivity index is 2.16. The summed E-state index contributed by atoms with van der Waals surface area (Å²) < 4.78 is 13.1. The molecular weight excluding hydrogens is 337 g/mol. The summed E-state index contributed by atoms with van der Waals surface area (Å²) in [5.41, 5.74) is -0.847. The largest absolute Gasteiger partial charge is 0.481 e. The molecule has 2 rings (SSSR count). The minimum absolute atomic E-state index is 0.0307. The first-order valence-corrected chi connectivity index (χ1v) is 8.31. The number of aliphatic hydroxyl groups is 1. The Labute approximate surface area is 145 Å². The monoisotopic (exact) mass is 357 g/mol. The summed E-state index contributed by atoms with van der Waals surface area (Å²) in [6.45, 7) is 2.10. The molecule has 1 aromatic rings. The van der Waals surface area contributed by atoms with Crippen LogP contribution in [0.15, 0.2) is 18.2 Å². The van der Waals surface area contributed by atoms with Crippen LogP contribution in [0.3, 0.4) is 0 Å². The van der Waals surface area contributed by atoms with Gasteiger partial charge < -0.3 is 15.1 Å². The molecule has 1 aromatic carbocycles. The van der Waals surface area contributed by atoms with E-state index in [4.69, 9.17) is 11.6 Å². The summed E-state index contributed by atoms with van der Waals surface area (Å²) in [5, 5.41) is 20.0. The Bertz CT molecular complexity index is 639. The van der Waals surface area contributed by atoms with Crippen LogP contribution in [0.1, 0.15) is 31.7 Å². The number of carboxylic acids is 1. The highest BCUT2D eigenvalue weighted by atomic mass is 35.5. The summed E-state index contributed by atoms with van der Waals surface area (Å²) in [5.74, 6) is -1.85. The van der Waals surface area contributed by atoms with Gasteiger partial charge in [-0.05, 0) is 30.5 Å². The molecule has 24 heavy (non-hydrogen) atoms. The predicted octanol–water partition coefficient (Wildman–Crippen LogP) is 2.49. The van der Waals surface area contributed by atoms with E-state index in [-0.39, 0.29) is 36.9 Å². The van der Waals surface area contributed by atoms with Crippen molar-refractivity contribution in [2.24, 2.45) is 5.41 Å². The number of halogens is 2. The van der Waals surface area contributed by atoms with Crippen molar-refractivity contribution < 1.29 is 24.2 Å². The SMILES string of the molecule is CCC[C@@]1(C(=O)O)CN(C(=O)Cc2ccc(F)cc2Cl)CC[C@H]1O. The quantitative estimate of drug-likeness (QED) is 0.848. The van der Waals surface area contributed by atoms with Crippen molar-refractivity contribution in [3.05, 3.63) is 34.6 Å². The first kappa shape index (κ1) is 18.7. The van der Waals surface area contributed by atoms with Gasteiger partial charge in [-0.25, -0.2) is 4.39 Å². The number of nitrogens with zero attached hydrogens (tertiary/aromatic N) is 1. The molecule has 1 aliphatic heterocycles. The fraction of sp³-hybridized carbons (Fsp3) is 0.529. The van der Waals surface area contributed by atoms with Gasteiger partial charge in [-0.3, -0.25) is 9.59 Å². The molecule has 2 N–H and O–H groups in total. The van der Waals surface area contributed by atoms with Gasteiger partial charge in [0.05, 0.1) is 12.5 Å². The van der Waals surface area contributed by atoms with E-state index in [0.29, 0.717) is 18.4 Å². The van der Waals surface area contributed by atoms with Gasteiger partial charge in [0.15, 0.2) is 0 Å². The van der Waals surface area contributed by atoms with Crippen LogP contribution in [0.2, 0.25) is 5.02 Å². The fourth-order valence-corrected chi connectivity index (χ4v) is 3.47. The minimum atomic E-state index is -1.34. The maximum Gasteiger partial charge on any atom is 0.314 e. The molecule has 0 aromatic heterocycles. The summed E-state index contributed by atoms with van der Waals surface area (Å²) in [6.07, 6.45) is 0.0971. The van der Waals surface area contributed by atoms with Crippen molar-refractivity contribution >= 4 is 23.5 Å². The average Bonchev–Trinajstić information content (AvgIpc) is 2.52. The summed E-state index contributed by atoms with van der Waals surface area (Å²) in [4.78, 5) is 25.7. The molecule has 0 bridgehead atoms. The van der Waals surface area contributed by atoms with Crippen molar-refractivity contribution in [2.75, 3.05) is 13.1 Å². The smallest absolute Gasteiger partial charge is 0.314 e. The average molecular weight is 358 g/mol. The molecule has 0 spiro atoms. The van der Waals surface area contributed by atoms with Gasteiger partial charge in [-0.1, -0.05) is 31.0 Å². The number of carbonyl (C=O) groups excluding carboxylic acids is 1. The first-order valence-electron chi connectivity index (χ1n) is 7.93. The van der Waals surface area contributed by atoms with Gasteiger partial charge in [0, 0.05) is 18.1 Å². The van der Waals surface area contributed by atoms with Gasteiger partial charge in [0.25, 0.3) is 0 Å². The van der Waals surface area contributed by atoms with Gasteiger partial charge in [-0.15, -0.1) is 0 Å². The molecular formula is C17H21ClFNO4. The van der Waals surface area contributed by atoms with E-state index in [2.05, 4.69) is 0 Å². The fourth-order valence-electron chi connectivity index (χ4n) is 3.24. The summed E-state index contributed by atoms with van der Waals surface area (Å²) in [7, 11) is 0. The van der Waals surface area contributed by atoms with Crippen molar-refractivity contribution in [1.29, 1.82) is 0 Å². The summed E-state index contributed by atoms with van der Waals surface area (Å²) >= 11 is 5.95. The van der Waals surface area contributed by atoms with Crippen LogP contribution in [0, 0.1) is 11.2 Å². The Hall–Kier alpha value is -1.66. The highest BCUT2D eigenvalue weighted by molar-refractivity contribution is 6.31. The van der Waals surface area contributed by atoms with E-state index < -0.39 is 23.3 Å². The number of amides is 1. The zero-order chi connectivity index (χ0) is 17.9. The number of aliphatic carboxylic acids is 1. The molecule has 1 aliphatic rings. The molecule has 0 radical (unpaired) electrons. The van der Waals surface area contributed by atoms with Crippen molar-refractivity contribution in [3.63, 3.8) is 0 Å². The third kappa shape index (κ3) is 3.70. The molecule has 132 valence electrons. The van der Waals surface area contributed by atoms with E-state index >= 15 is 0 Å². The third-order valence-electron chi connectivity index (χ3n) is 4.61. The molecule has 2 atom stereocenters. The van der Waals surface area contributed by atoms with E-state index in [1.807, 2.05) is 6.92 Å². The number of benzene rings is 1. The number of hydrogen-bond acceptors (Lipinski definition) is 3. The Morgan fingerprint density at radius 1 is 1.46 bits per heavy atom. The van der Waals surface area contributed by atoms with Crippen LogP contribution in [-0.2, 0) is 16.0 Å². The van der Waals surface area contributed by atoms with Gasteiger partial charge >= 0.3 is 5.97 Å². The van der Waals surface area contributed by atoms with E-state index in [1.165, 1.54) is 17.0 Å². The zero-order valence-corrected chi connectivity index (χ0v) is 14.2. The normalized spacial score (nSPS) is 24.0. The number of hydrogen-bond donors (Lipinski definition) is 2. The zero-order valence-electron chi connectivity index (χ0n) is 13.5. The minimum Gasteiger partial charge on any atom is -0.481 e. The van der Waals surface area contributed by atoms with Crippen LogP contribution < -0.4 is 0 Å². The van der Waals surface area contributed by atoms with Gasteiger partial charge in [-0.2, -0.15) is 0 Å². The van der Waals surface area contributed by atoms with Crippen molar-refractivity contribution in [1.82, 2.24) is 4.90 Å². The Morgan fingerprint density at radius 3 is 2.75 bits per heavy atom. The predicted molar refractivity (Wildman–Crippen MR) is 87.3 cm³/mol. The number of carboxylic acid groups (broad SMARTS) is 1. The van der Waals surface area contributed by atoms with E-state index in [0.717, 1.165) is 6.07 Å². The van der Waals surface area contributed by atoms with Crippen molar-refractivity contribution in [3.8, 4) is 0 Å². The molecule has 5 nitrogen and oxygen atoms in total. The standard InChI is InChI=1S/C17H21ClFNO4/c1-2-6-17(16(23)24)10-20(7-5-14(17)21)15(22)8-11-3-4-12(19)9-13(11)18/h3-4,9,14,21H,2,5-8,10H2,1H3,(H,23,24)/t14-,17-/m1/s1. The highest BCUT2D eigenvalue weighted by Gasteiger charge is 2.49. The molecule has 0 unspecified atom stereocenters. The van der Waals surface area contributed by atoms with Gasteiger partial charge in [0.1, 0.15) is 11.2 Å². The van der Waals surface area contributed by atoms with Crippen LogP contribution in [-0.4, -0.2) is 46.2 Å². The maximum atomic E-state index is 13.1. The number of piperidine rings is 1. The molecule has 1 heterocycles. The second kappa shape index (κ2) is 7.49. The summed E-state index contributed by atoms with van der Waals surface area (Å²) in [6, 6.07) is 3.82. The van der Waals surface area contributed by atoms with Crippen LogP contribution >= 0.6 is 11.6 Å². The van der Waals surface area contributed by atoms with E-state index in [1.54, 1.807) is 0 Å². The highest BCUT2D eigenvalue weighted by Crippen LogP contribution is 2.36. The molecule has 0 saturated carbocycles. The Morgan fingerprint density at radius 2 is 2.17 bits per heavy atom. The lowest BCUT2D eigenvalue weighted by Gasteiger charge is -2.43. The number of aliphatic hydroxyl groups excluding tert-OH is 1. The second-order valence-corrected chi connectivity index (χ2v) is 6.65. The lowest BCUT2D eigenvalue weighted by Crippen LogP contribution is -2.57. The van der Waals surface area contributed by atoms with Gasteiger partial charge in [0.2, 0.25) is 5.91 Å². The second-order valence-electron chi connectivity index (χ2n) is 6.24. The van der Waals surface area contributed by atoms with Crippen LogP contribution in [0.25, 0.3) is 0 Å². The topological polar surface area (TPSA) is 77.8 Å². The molecule has 1 saturated heterocycles. The third-order valence-corrected chi connectivity index (χ3v) is 4.97. The molecule has 1 fully saturated rings. The number of carbonyl (C=O) groups is 2. The lowest BCUT2D eigenvalue weighted by molar-refractivity contribution is -0.166. The number of rotatable bonds is 5. The molecule has 0 aliphatic carbocycles. The van der Waals surface area contributed by atoms with E-state index in [9.17, 15) is 24.2 Å². The maximum absolute atomic E-state index is 13.1. The van der Waals surface area contributed by atoms with Crippen molar-refractivity contribution in [2.45, 2.75) is 38.7 Å². The first-order chi connectivity index (χ1) is 11.3. The van der Waals surface area contributed by atoms with Crippen LogP contribution in [0.4, 0.5) is 4.39 Å². The lowest BCUT2D eigenvalue weighted by atomic mass is 9.74. The van der Waals surface area contributed by atoms with Crippen LogP contribution in [0.5, 0.6) is 0 Å². The molecule has 1 amide bonds. The Kier molecular flexibility index (Phi) is 5.83. The number of likely N-dealkylation sites (tertiary alicyclic amines) is 1. The molecule has 7 heteroatoms.